The first-order chi connectivity index (χ1) is 14.1. The van der Waals surface area contributed by atoms with Gasteiger partial charge in [0.05, 0.1) is 18.7 Å². The third-order valence-electron chi connectivity index (χ3n) is 4.96. The summed E-state index contributed by atoms with van der Waals surface area (Å²) in [6.45, 7) is 0. The highest BCUT2D eigenvalue weighted by atomic mass is 16.5. The number of carbonyl (C=O) groups is 2. The van der Waals surface area contributed by atoms with E-state index in [1.54, 1.807) is 55.6 Å². The fraction of sp³-hybridized carbons (Fsp3) is 0.0833. The second kappa shape index (κ2) is 7.64. The van der Waals surface area contributed by atoms with E-state index in [0.717, 1.165) is 5.56 Å². The summed E-state index contributed by atoms with van der Waals surface area (Å²) in [6.07, 6.45) is 0. The predicted molar refractivity (Wildman–Crippen MR) is 111 cm³/mol. The van der Waals surface area contributed by atoms with E-state index in [1.165, 1.54) is 4.90 Å². The minimum absolute atomic E-state index is 0.0724. The molecule has 1 aliphatic rings. The van der Waals surface area contributed by atoms with E-state index in [9.17, 15) is 14.7 Å². The number of methoxy groups -OCH3 is 1. The smallest absolute Gasteiger partial charge is 0.300 e. The molecule has 0 aromatic heterocycles. The Bertz CT molecular complexity index is 1070. The number of aliphatic hydroxyl groups is 1. The van der Waals surface area contributed by atoms with E-state index in [1.807, 2.05) is 36.4 Å². The van der Waals surface area contributed by atoms with Crippen LogP contribution >= 0.6 is 0 Å². The quantitative estimate of drug-likeness (QED) is 0.413. The topological polar surface area (TPSA) is 66.8 Å². The number of ketones is 1. The van der Waals surface area contributed by atoms with Crippen LogP contribution in [0.3, 0.4) is 0 Å². The molecule has 144 valence electrons. The lowest BCUT2D eigenvalue weighted by molar-refractivity contribution is -0.132. The first-order valence-corrected chi connectivity index (χ1v) is 9.17. The molecule has 0 unspecified atom stereocenters. The van der Waals surface area contributed by atoms with Gasteiger partial charge in [0.1, 0.15) is 11.5 Å². The molecule has 29 heavy (non-hydrogen) atoms. The van der Waals surface area contributed by atoms with Crippen molar-refractivity contribution >= 4 is 23.1 Å². The van der Waals surface area contributed by atoms with Crippen LogP contribution in [0.15, 0.2) is 90.5 Å². The zero-order valence-electron chi connectivity index (χ0n) is 15.8. The molecular formula is C24H19NO4. The van der Waals surface area contributed by atoms with Crippen molar-refractivity contribution in [1.82, 2.24) is 0 Å². The van der Waals surface area contributed by atoms with Crippen molar-refractivity contribution in [3.8, 4) is 5.75 Å². The number of hydrogen-bond acceptors (Lipinski definition) is 4. The van der Waals surface area contributed by atoms with Crippen molar-refractivity contribution in [3.63, 3.8) is 0 Å². The maximum absolute atomic E-state index is 13.0. The van der Waals surface area contributed by atoms with Gasteiger partial charge in [-0.2, -0.15) is 0 Å². The Morgan fingerprint density at radius 2 is 1.45 bits per heavy atom. The highest BCUT2D eigenvalue weighted by molar-refractivity contribution is 6.51. The number of rotatable bonds is 4. The molecular weight excluding hydrogens is 366 g/mol. The maximum Gasteiger partial charge on any atom is 0.300 e. The van der Waals surface area contributed by atoms with E-state index in [2.05, 4.69) is 0 Å². The molecule has 1 fully saturated rings. The molecule has 4 rings (SSSR count). The lowest BCUT2D eigenvalue weighted by atomic mass is 9.95. The monoisotopic (exact) mass is 385 g/mol. The van der Waals surface area contributed by atoms with Gasteiger partial charge in [-0.15, -0.1) is 0 Å². The number of anilines is 1. The van der Waals surface area contributed by atoms with E-state index in [4.69, 9.17) is 4.74 Å². The van der Waals surface area contributed by atoms with Gasteiger partial charge < -0.3 is 9.84 Å². The molecule has 0 saturated carbocycles. The van der Waals surface area contributed by atoms with Gasteiger partial charge in [-0.25, -0.2) is 0 Å². The second-order valence-corrected chi connectivity index (χ2v) is 6.64. The van der Waals surface area contributed by atoms with Crippen molar-refractivity contribution in [2.45, 2.75) is 6.04 Å². The molecule has 3 aromatic carbocycles. The molecule has 0 spiro atoms. The number of hydrogen-bond donors (Lipinski definition) is 1. The predicted octanol–water partition coefficient (Wildman–Crippen LogP) is 4.32. The Kier molecular flexibility index (Phi) is 4.87. The van der Waals surface area contributed by atoms with Crippen LogP contribution in [0.2, 0.25) is 0 Å². The molecule has 0 bridgehead atoms. The average molecular weight is 385 g/mol. The lowest BCUT2D eigenvalue weighted by Gasteiger charge is -2.25. The van der Waals surface area contributed by atoms with E-state index in [0.29, 0.717) is 17.0 Å². The molecule has 1 amide bonds. The molecule has 1 N–H and O–H groups in total. The summed E-state index contributed by atoms with van der Waals surface area (Å²) in [4.78, 5) is 27.4. The largest absolute Gasteiger partial charge is 0.507 e. The Morgan fingerprint density at radius 1 is 0.862 bits per heavy atom. The van der Waals surface area contributed by atoms with Gasteiger partial charge in [-0.05, 0) is 29.8 Å². The Labute approximate surface area is 168 Å². The van der Waals surface area contributed by atoms with E-state index in [-0.39, 0.29) is 11.3 Å². The lowest BCUT2D eigenvalue weighted by Crippen LogP contribution is -2.29. The van der Waals surface area contributed by atoms with Crippen LogP contribution in [-0.4, -0.2) is 23.9 Å². The minimum atomic E-state index is -0.732. The minimum Gasteiger partial charge on any atom is -0.507 e. The Morgan fingerprint density at radius 3 is 2.03 bits per heavy atom. The van der Waals surface area contributed by atoms with Crippen molar-refractivity contribution in [3.05, 3.63) is 102 Å². The van der Waals surface area contributed by atoms with Crippen molar-refractivity contribution in [2.75, 3.05) is 12.0 Å². The fourth-order valence-electron chi connectivity index (χ4n) is 3.54. The SMILES string of the molecule is COc1ccc(N2C(=O)C(=O)C(=C(O)c3ccccc3)[C@@H]2c2ccccc2)cc1. The van der Waals surface area contributed by atoms with Crippen LogP contribution in [0.1, 0.15) is 17.2 Å². The first-order valence-electron chi connectivity index (χ1n) is 9.17. The van der Waals surface area contributed by atoms with Crippen LogP contribution < -0.4 is 9.64 Å². The summed E-state index contributed by atoms with van der Waals surface area (Å²) in [6, 6.07) is 24.2. The highest BCUT2D eigenvalue weighted by Gasteiger charge is 2.46. The zero-order chi connectivity index (χ0) is 20.4. The van der Waals surface area contributed by atoms with Crippen molar-refractivity contribution in [2.24, 2.45) is 0 Å². The van der Waals surface area contributed by atoms with Gasteiger partial charge in [-0.1, -0.05) is 60.7 Å². The van der Waals surface area contributed by atoms with Gasteiger partial charge in [-0.3, -0.25) is 14.5 Å². The second-order valence-electron chi connectivity index (χ2n) is 6.64. The molecule has 1 atom stereocenters. The maximum atomic E-state index is 13.0. The third kappa shape index (κ3) is 3.27. The summed E-state index contributed by atoms with van der Waals surface area (Å²) >= 11 is 0. The standard InChI is InChI=1S/C24H19NO4/c1-29-19-14-12-18(13-15-19)25-21(16-8-4-2-5-9-16)20(23(27)24(25)28)22(26)17-10-6-3-7-11-17/h2-15,21,26H,1H3/t21-/m0/s1. The van der Waals surface area contributed by atoms with Crippen LogP contribution in [-0.2, 0) is 9.59 Å². The molecule has 3 aromatic rings. The summed E-state index contributed by atoms with van der Waals surface area (Å²) in [5.74, 6) is -0.933. The highest BCUT2D eigenvalue weighted by Crippen LogP contribution is 2.42. The summed E-state index contributed by atoms with van der Waals surface area (Å²) in [7, 11) is 1.56. The molecule has 0 aliphatic carbocycles. The van der Waals surface area contributed by atoms with Gasteiger partial charge in [0.25, 0.3) is 11.7 Å². The normalized spacial score (nSPS) is 18.1. The Balaban J connectivity index is 1.91. The van der Waals surface area contributed by atoms with Crippen LogP contribution in [0.4, 0.5) is 5.69 Å². The zero-order valence-corrected chi connectivity index (χ0v) is 15.8. The van der Waals surface area contributed by atoms with Crippen LogP contribution in [0.25, 0.3) is 5.76 Å². The van der Waals surface area contributed by atoms with Gasteiger partial charge in [0.2, 0.25) is 0 Å². The average Bonchev–Trinajstić information content (AvgIpc) is 3.05. The molecule has 1 aliphatic heterocycles. The summed E-state index contributed by atoms with van der Waals surface area (Å²) < 4.78 is 5.19. The molecule has 1 saturated heterocycles. The Hall–Kier alpha value is -3.86. The number of benzene rings is 3. The summed E-state index contributed by atoms with van der Waals surface area (Å²) in [5.41, 5.74) is 1.85. The van der Waals surface area contributed by atoms with E-state index >= 15 is 0 Å². The fourth-order valence-corrected chi connectivity index (χ4v) is 3.54. The van der Waals surface area contributed by atoms with Crippen molar-refractivity contribution in [1.29, 1.82) is 0 Å². The van der Waals surface area contributed by atoms with Crippen LogP contribution in [0, 0.1) is 0 Å². The number of Topliss-reactive ketones (excluding diaryl/α,β-unsaturated/α-hetero) is 1. The molecule has 5 nitrogen and oxygen atoms in total. The number of ether oxygens (including phenoxy) is 1. The van der Waals surface area contributed by atoms with Gasteiger partial charge >= 0.3 is 0 Å². The number of carbonyl (C=O) groups excluding carboxylic acids is 2. The number of amides is 1. The van der Waals surface area contributed by atoms with Crippen molar-refractivity contribution < 1.29 is 19.4 Å². The molecule has 5 heteroatoms. The van der Waals surface area contributed by atoms with E-state index < -0.39 is 17.7 Å². The summed E-state index contributed by atoms with van der Waals surface area (Å²) in [5, 5.41) is 10.9. The molecule has 0 radical (unpaired) electrons. The van der Waals surface area contributed by atoms with Gasteiger partial charge in [0.15, 0.2) is 0 Å². The molecule has 1 heterocycles. The third-order valence-corrected chi connectivity index (χ3v) is 4.96. The van der Waals surface area contributed by atoms with Gasteiger partial charge in [0, 0.05) is 11.3 Å². The number of aliphatic hydroxyl groups excluding tert-OH is 1. The number of nitrogens with zero attached hydrogens (tertiary/aromatic N) is 1. The van der Waals surface area contributed by atoms with Crippen LogP contribution in [0.5, 0.6) is 5.75 Å². The first kappa shape index (κ1) is 18.5.